The minimum atomic E-state index is 0.0710. The fourth-order valence-corrected chi connectivity index (χ4v) is 3.51. The monoisotopic (exact) mass is 292 g/mol. The fourth-order valence-electron chi connectivity index (χ4n) is 3.51. The predicted octanol–water partition coefficient (Wildman–Crippen LogP) is 1.30. The van der Waals surface area contributed by atoms with Crippen LogP contribution in [0.15, 0.2) is 4.99 Å². The lowest BCUT2D eigenvalue weighted by Crippen LogP contribution is -2.42. The lowest BCUT2D eigenvalue weighted by atomic mass is 9.82. The summed E-state index contributed by atoms with van der Waals surface area (Å²) in [6.07, 6.45) is 7.99. The summed E-state index contributed by atoms with van der Waals surface area (Å²) in [6.45, 7) is 2.51. The fraction of sp³-hybridized carbons (Fsp3) is 0.875. The van der Waals surface area contributed by atoms with Gasteiger partial charge in [-0.05, 0) is 37.5 Å². The number of hydrogen-bond acceptors (Lipinski definition) is 2. The van der Waals surface area contributed by atoms with E-state index in [-0.39, 0.29) is 12.5 Å². The number of nitrogens with one attached hydrogen (secondary N) is 1. The van der Waals surface area contributed by atoms with E-state index in [1.54, 1.807) is 19.0 Å². The Bertz CT molecular complexity index is 403. The molecule has 0 aromatic rings. The molecule has 21 heavy (non-hydrogen) atoms. The first-order valence-corrected chi connectivity index (χ1v) is 8.39. The number of amides is 1. The van der Waals surface area contributed by atoms with Crippen molar-refractivity contribution < 1.29 is 4.79 Å². The third-order valence-electron chi connectivity index (χ3n) is 5.05. The second-order valence-electron chi connectivity index (χ2n) is 7.06. The van der Waals surface area contributed by atoms with Crippen molar-refractivity contribution in [1.82, 2.24) is 15.1 Å². The Kier molecular flexibility index (Phi) is 4.36. The smallest absolute Gasteiger partial charge is 0.243 e. The van der Waals surface area contributed by atoms with Crippen LogP contribution in [-0.2, 0) is 4.79 Å². The number of carbonyl (C=O) groups excluding carboxylic acids is 1. The second kappa shape index (κ2) is 6.24. The third kappa shape index (κ3) is 3.69. The summed E-state index contributed by atoms with van der Waals surface area (Å²) in [4.78, 5) is 20.4. The average molecular weight is 292 g/mol. The van der Waals surface area contributed by atoms with Crippen LogP contribution in [0.5, 0.6) is 0 Å². The second-order valence-corrected chi connectivity index (χ2v) is 7.06. The highest BCUT2D eigenvalue weighted by molar-refractivity contribution is 5.85. The largest absolute Gasteiger partial charge is 0.353 e. The van der Waals surface area contributed by atoms with Crippen LogP contribution in [0.25, 0.3) is 0 Å². The van der Waals surface area contributed by atoms with E-state index in [1.165, 1.54) is 38.5 Å². The van der Waals surface area contributed by atoms with E-state index in [0.717, 1.165) is 30.9 Å². The first kappa shape index (κ1) is 14.7. The maximum Gasteiger partial charge on any atom is 0.243 e. The minimum Gasteiger partial charge on any atom is -0.353 e. The van der Waals surface area contributed by atoms with Gasteiger partial charge in [0, 0.05) is 33.2 Å². The summed E-state index contributed by atoms with van der Waals surface area (Å²) in [5.41, 5.74) is 0. The first-order chi connectivity index (χ1) is 10.1. The minimum absolute atomic E-state index is 0.0710. The van der Waals surface area contributed by atoms with Crippen molar-refractivity contribution in [3.05, 3.63) is 0 Å². The number of aliphatic imine (C=N–C) groups is 1. The number of hydrogen-bond donors (Lipinski definition) is 1. The lowest BCUT2D eigenvalue weighted by Gasteiger charge is -2.22. The molecule has 0 bridgehead atoms. The summed E-state index contributed by atoms with van der Waals surface area (Å²) in [7, 11) is 3.58. The van der Waals surface area contributed by atoms with E-state index in [0.29, 0.717) is 6.04 Å². The van der Waals surface area contributed by atoms with Gasteiger partial charge >= 0.3 is 0 Å². The van der Waals surface area contributed by atoms with Gasteiger partial charge in [-0.2, -0.15) is 0 Å². The molecule has 3 rings (SSSR count). The molecule has 2 unspecified atom stereocenters. The number of nitrogens with zero attached hydrogens (tertiary/aromatic N) is 3. The molecule has 0 spiro atoms. The molecular formula is C16H28N4O. The zero-order valence-electron chi connectivity index (χ0n) is 13.3. The van der Waals surface area contributed by atoms with Gasteiger partial charge < -0.3 is 15.1 Å². The molecule has 2 atom stereocenters. The number of carbonyl (C=O) groups is 1. The Morgan fingerprint density at radius 2 is 1.76 bits per heavy atom. The van der Waals surface area contributed by atoms with Crippen molar-refractivity contribution in [2.24, 2.45) is 16.8 Å². The molecule has 3 aliphatic rings. The molecule has 2 saturated carbocycles. The van der Waals surface area contributed by atoms with Crippen LogP contribution in [0.1, 0.15) is 38.5 Å². The molecule has 1 N–H and O–H groups in total. The molecule has 1 heterocycles. The van der Waals surface area contributed by atoms with Crippen LogP contribution < -0.4 is 5.32 Å². The van der Waals surface area contributed by atoms with Crippen molar-refractivity contribution >= 4 is 11.9 Å². The van der Waals surface area contributed by atoms with Gasteiger partial charge in [0.25, 0.3) is 0 Å². The molecular weight excluding hydrogens is 264 g/mol. The van der Waals surface area contributed by atoms with E-state index in [2.05, 4.69) is 15.2 Å². The molecule has 1 aliphatic heterocycles. The Morgan fingerprint density at radius 3 is 2.29 bits per heavy atom. The Hall–Kier alpha value is -1.26. The quantitative estimate of drug-likeness (QED) is 0.630. The molecule has 2 aliphatic carbocycles. The van der Waals surface area contributed by atoms with Crippen molar-refractivity contribution in [2.45, 2.75) is 44.6 Å². The molecule has 5 heteroatoms. The average Bonchev–Trinajstić information content (AvgIpc) is 3.18. The topological polar surface area (TPSA) is 47.9 Å². The Morgan fingerprint density at radius 1 is 1.14 bits per heavy atom. The van der Waals surface area contributed by atoms with Crippen molar-refractivity contribution in [2.75, 3.05) is 33.7 Å². The van der Waals surface area contributed by atoms with E-state index in [4.69, 9.17) is 0 Å². The molecule has 118 valence electrons. The summed E-state index contributed by atoms with van der Waals surface area (Å²) in [6, 6.07) is 0.584. The standard InChI is InChI=1S/C16H28N4O/c1-19(2)15(21)9-17-16(18-14-7-8-14)20-10-12-5-3-4-6-13(12)11-20/h12-14H,3-11H2,1-2H3,(H,17,18). The maximum absolute atomic E-state index is 11.8. The normalized spacial score (nSPS) is 29.2. The van der Waals surface area contributed by atoms with E-state index in [1.807, 2.05) is 0 Å². The highest BCUT2D eigenvalue weighted by Gasteiger charge is 2.36. The lowest BCUT2D eigenvalue weighted by molar-refractivity contribution is -0.127. The van der Waals surface area contributed by atoms with Crippen LogP contribution in [-0.4, -0.2) is 61.4 Å². The van der Waals surface area contributed by atoms with Gasteiger partial charge in [-0.15, -0.1) is 0 Å². The van der Waals surface area contributed by atoms with Gasteiger partial charge in [-0.25, -0.2) is 4.99 Å². The molecule has 0 aromatic carbocycles. The van der Waals surface area contributed by atoms with E-state index in [9.17, 15) is 4.79 Å². The van der Waals surface area contributed by atoms with Crippen LogP contribution in [0.4, 0.5) is 0 Å². The maximum atomic E-state index is 11.8. The van der Waals surface area contributed by atoms with Crippen molar-refractivity contribution in [3.8, 4) is 0 Å². The highest BCUT2D eigenvalue weighted by atomic mass is 16.2. The molecule has 0 aromatic heterocycles. The third-order valence-corrected chi connectivity index (χ3v) is 5.05. The van der Waals surface area contributed by atoms with Gasteiger partial charge in [0.2, 0.25) is 5.91 Å². The van der Waals surface area contributed by atoms with Crippen molar-refractivity contribution in [3.63, 3.8) is 0 Å². The van der Waals surface area contributed by atoms with E-state index < -0.39 is 0 Å². The van der Waals surface area contributed by atoms with E-state index >= 15 is 0 Å². The zero-order chi connectivity index (χ0) is 14.8. The van der Waals surface area contributed by atoms with Crippen LogP contribution in [0, 0.1) is 11.8 Å². The summed E-state index contributed by atoms with van der Waals surface area (Å²) >= 11 is 0. The number of guanidine groups is 1. The molecule has 5 nitrogen and oxygen atoms in total. The number of likely N-dealkylation sites (N-methyl/N-ethyl adjacent to an activating group) is 1. The SMILES string of the molecule is CN(C)C(=O)CN=C(NC1CC1)N1CC2CCCCC2C1. The number of rotatable bonds is 3. The van der Waals surface area contributed by atoms with Crippen molar-refractivity contribution in [1.29, 1.82) is 0 Å². The van der Waals surface area contributed by atoms with Crippen LogP contribution in [0.3, 0.4) is 0 Å². The summed E-state index contributed by atoms with van der Waals surface area (Å²) < 4.78 is 0. The van der Waals surface area contributed by atoms with Gasteiger partial charge in [0.1, 0.15) is 6.54 Å². The Balaban J connectivity index is 1.64. The molecule has 1 amide bonds. The predicted molar refractivity (Wildman–Crippen MR) is 84.2 cm³/mol. The van der Waals surface area contributed by atoms with Gasteiger partial charge in [0.15, 0.2) is 5.96 Å². The molecule has 3 fully saturated rings. The summed E-state index contributed by atoms with van der Waals surface area (Å²) in [5, 5.41) is 3.54. The number of likely N-dealkylation sites (tertiary alicyclic amines) is 1. The Labute approximate surface area is 127 Å². The first-order valence-electron chi connectivity index (χ1n) is 8.39. The molecule has 0 radical (unpaired) electrons. The van der Waals surface area contributed by atoms with Gasteiger partial charge in [-0.1, -0.05) is 12.8 Å². The molecule has 1 saturated heterocycles. The van der Waals surface area contributed by atoms with Crippen LogP contribution >= 0.6 is 0 Å². The summed E-state index contributed by atoms with van der Waals surface area (Å²) in [5.74, 6) is 2.73. The van der Waals surface area contributed by atoms with Gasteiger partial charge in [0.05, 0.1) is 0 Å². The highest BCUT2D eigenvalue weighted by Crippen LogP contribution is 2.36. The van der Waals surface area contributed by atoms with Crippen LogP contribution in [0.2, 0.25) is 0 Å². The van der Waals surface area contributed by atoms with Gasteiger partial charge in [-0.3, -0.25) is 4.79 Å². The number of fused-ring (bicyclic) bond motifs is 1. The zero-order valence-corrected chi connectivity index (χ0v) is 13.3.